The normalized spacial score (nSPS) is 16.9. The van der Waals surface area contributed by atoms with Crippen molar-refractivity contribution < 1.29 is 14.6 Å². The van der Waals surface area contributed by atoms with Gasteiger partial charge in [0.1, 0.15) is 12.4 Å². The molecule has 0 aliphatic carbocycles. The number of benzene rings is 1. The predicted molar refractivity (Wildman–Crippen MR) is 94.5 cm³/mol. The average Bonchev–Trinajstić information content (AvgIpc) is 2.55. The molecule has 0 spiro atoms. The molecule has 1 amide bonds. The number of carbonyl (C=O) groups excluding carboxylic acids is 1. The van der Waals surface area contributed by atoms with Gasteiger partial charge in [0, 0.05) is 20.1 Å². The van der Waals surface area contributed by atoms with Crippen LogP contribution in [-0.2, 0) is 11.2 Å². The zero-order chi connectivity index (χ0) is 17.5. The number of aliphatic imine (C=N–C) groups is 1. The smallest absolute Gasteiger partial charge is 0.286 e. The van der Waals surface area contributed by atoms with E-state index in [9.17, 15) is 9.90 Å². The minimum Gasteiger partial charge on any atom is -0.487 e. The summed E-state index contributed by atoms with van der Waals surface area (Å²) in [4.78, 5) is 16.1. The lowest BCUT2D eigenvalue weighted by atomic mass is 10.1. The highest BCUT2D eigenvalue weighted by atomic mass is 16.5. The number of nitrogens with one attached hydrogen (secondary N) is 3. The van der Waals surface area contributed by atoms with E-state index in [1.54, 1.807) is 7.05 Å². The van der Waals surface area contributed by atoms with Crippen LogP contribution in [0.4, 0.5) is 5.69 Å². The topological polar surface area (TPSA) is 95.0 Å². The van der Waals surface area contributed by atoms with Crippen LogP contribution >= 0.6 is 0 Å². The van der Waals surface area contributed by atoms with E-state index in [1.807, 2.05) is 18.2 Å². The number of fused-ring (bicyclic) bond motifs is 1. The molecule has 0 saturated carbocycles. The van der Waals surface area contributed by atoms with E-state index in [-0.39, 0.29) is 12.5 Å². The Morgan fingerprint density at radius 3 is 2.96 bits per heavy atom. The number of aliphatic hydroxyl groups is 1. The van der Waals surface area contributed by atoms with Crippen molar-refractivity contribution in [3.8, 4) is 5.75 Å². The number of hydrogen-bond donors (Lipinski definition) is 4. The Morgan fingerprint density at radius 2 is 2.25 bits per heavy atom. The molecular weight excluding hydrogens is 308 g/mol. The molecule has 7 nitrogen and oxygen atoms in total. The van der Waals surface area contributed by atoms with Crippen LogP contribution in [0.1, 0.15) is 19.4 Å². The van der Waals surface area contributed by atoms with Crippen LogP contribution in [0.3, 0.4) is 0 Å². The maximum atomic E-state index is 12.1. The first-order chi connectivity index (χ1) is 11.5. The zero-order valence-corrected chi connectivity index (χ0v) is 14.4. The Bertz CT molecular complexity index is 601. The third kappa shape index (κ3) is 5.13. The van der Waals surface area contributed by atoms with Crippen LogP contribution in [-0.4, -0.2) is 49.8 Å². The highest BCUT2D eigenvalue weighted by molar-refractivity contribution is 6.37. The van der Waals surface area contributed by atoms with Gasteiger partial charge in [0.05, 0.1) is 5.69 Å². The van der Waals surface area contributed by atoms with E-state index >= 15 is 0 Å². The van der Waals surface area contributed by atoms with Gasteiger partial charge < -0.3 is 25.8 Å². The first-order valence-electron chi connectivity index (χ1n) is 8.18. The van der Waals surface area contributed by atoms with Crippen molar-refractivity contribution in [2.75, 3.05) is 32.1 Å². The van der Waals surface area contributed by atoms with Gasteiger partial charge in [0.15, 0.2) is 12.1 Å². The molecule has 1 aromatic carbocycles. The minimum absolute atomic E-state index is 0.197. The second-order valence-electron chi connectivity index (χ2n) is 6.15. The number of amidine groups is 1. The lowest BCUT2D eigenvalue weighted by Gasteiger charge is -2.24. The maximum Gasteiger partial charge on any atom is 0.286 e. The number of aliphatic hydroxyl groups excluding tert-OH is 1. The number of rotatable bonds is 5. The van der Waals surface area contributed by atoms with Crippen molar-refractivity contribution in [3.63, 3.8) is 0 Å². The Hall–Kier alpha value is -2.28. The maximum absolute atomic E-state index is 12.1. The van der Waals surface area contributed by atoms with Crippen LogP contribution in [0.2, 0.25) is 0 Å². The van der Waals surface area contributed by atoms with Gasteiger partial charge >= 0.3 is 0 Å². The summed E-state index contributed by atoms with van der Waals surface area (Å²) in [7, 11) is 1.60. The van der Waals surface area contributed by atoms with Crippen molar-refractivity contribution in [1.29, 1.82) is 0 Å². The third-order valence-electron chi connectivity index (χ3n) is 3.58. The van der Waals surface area contributed by atoms with Crippen LogP contribution in [0.5, 0.6) is 5.75 Å². The molecule has 0 saturated heterocycles. The first kappa shape index (κ1) is 18.1. The van der Waals surface area contributed by atoms with E-state index in [2.05, 4.69) is 34.8 Å². The zero-order valence-electron chi connectivity index (χ0n) is 14.4. The summed E-state index contributed by atoms with van der Waals surface area (Å²) < 4.78 is 5.48. The number of nitrogens with zero attached hydrogens (tertiary/aromatic N) is 1. The van der Waals surface area contributed by atoms with Crippen molar-refractivity contribution in [1.82, 2.24) is 10.6 Å². The molecule has 24 heavy (non-hydrogen) atoms. The Morgan fingerprint density at radius 1 is 1.46 bits per heavy atom. The Balaban J connectivity index is 1.82. The summed E-state index contributed by atoms with van der Waals surface area (Å²) in [5, 5.41) is 18.3. The molecule has 1 aliphatic rings. The number of ether oxygens (including phenoxy) is 1. The predicted octanol–water partition coefficient (Wildman–Crippen LogP) is 0.742. The van der Waals surface area contributed by atoms with Crippen LogP contribution < -0.4 is 20.7 Å². The fourth-order valence-corrected chi connectivity index (χ4v) is 2.32. The van der Waals surface area contributed by atoms with Gasteiger partial charge in [-0.05, 0) is 30.0 Å². The molecule has 1 heterocycles. The molecular formula is C17H26N4O3. The molecule has 132 valence electrons. The quantitative estimate of drug-likeness (QED) is 0.471. The fourth-order valence-electron chi connectivity index (χ4n) is 2.32. The second kappa shape index (κ2) is 8.54. The summed E-state index contributed by atoms with van der Waals surface area (Å²) in [6.07, 6.45) is 0.0132. The Kier molecular flexibility index (Phi) is 6.43. The summed E-state index contributed by atoms with van der Waals surface area (Å²) in [5.74, 6) is 1.32. The van der Waals surface area contributed by atoms with Gasteiger partial charge in [-0.2, -0.15) is 0 Å². The van der Waals surface area contributed by atoms with E-state index in [1.165, 1.54) is 0 Å². The van der Waals surface area contributed by atoms with E-state index in [0.717, 1.165) is 17.0 Å². The molecule has 1 atom stereocenters. The molecule has 0 bridgehead atoms. The molecule has 0 radical (unpaired) electrons. The van der Waals surface area contributed by atoms with Gasteiger partial charge in [0.25, 0.3) is 5.91 Å². The number of carbonyl (C=O) groups is 1. The van der Waals surface area contributed by atoms with Gasteiger partial charge in [-0.15, -0.1) is 0 Å². The van der Waals surface area contributed by atoms with E-state index in [4.69, 9.17) is 4.74 Å². The molecule has 0 fully saturated rings. The first-order valence-corrected chi connectivity index (χ1v) is 8.18. The summed E-state index contributed by atoms with van der Waals surface area (Å²) >= 11 is 0. The van der Waals surface area contributed by atoms with Gasteiger partial charge in [0.2, 0.25) is 0 Å². The third-order valence-corrected chi connectivity index (χ3v) is 3.58. The molecule has 4 N–H and O–H groups in total. The van der Waals surface area contributed by atoms with Crippen molar-refractivity contribution >= 4 is 17.4 Å². The van der Waals surface area contributed by atoms with E-state index < -0.39 is 6.23 Å². The lowest BCUT2D eigenvalue weighted by Crippen LogP contribution is -2.42. The lowest BCUT2D eigenvalue weighted by molar-refractivity contribution is -0.115. The number of anilines is 1. The fraction of sp³-hybridized carbons (Fsp3) is 0.529. The van der Waals surface area contributed by atoms with Crippen molar-refractivity contribution in [2.45, 2.75) is 26.5 Å². The highest BCUT2D eigenvalue weighted by Gasteiger charge is 2.16. The number of hydrogen-bond acceptors (Lipinski definition) is 5. The second-order valence-corrected chi connectivity index (χ2v) is 6.15. The summed E-state index contributed by atoms with van der Waals surface area (Å²) in [6.45, 7) is 5.59. The number of amides is 1. The van der Waals surface area contributed by atoms with Gasteiger partial charge in [-0.1, -0.05) is 19.9 Å². The average molecular weight is 334 g/mol. The van der Waals surface area contributed by atoms with Crippen LogP contribution in [0.15, 0.2) is 23.2 Å². The molecule has 1 aromatic rings. The SMILES string of the molecule is C/N=C(/NCC(C)C)C(=O)NCCc1ccc2c(c1)OC[C@@H](O)N2. The molecule has 0 aromatic heterocycles. The van der Waals surface area contributed by atoms with Gasteiger partial charge in [-0.3, -0.25) is 9.79 Å². The van der Waals surface area contributed by atoms with Crippen molar-refractivity contribution in [3.05, 3.63) is 23.8 Å². The minimum atomic E-state index is -0.673. The molecule has 0 unspecified atom stereocenters. The van der Waals surface area contributed by atoms with E-state index in [0.29, 0.717) is 31.3 Å². The Labute approximate surface area is 142 Å². The molecule has 1 aliphatic heterocycles. The van der Waals surface area contributed by atoms with Crippen molar-refractivity contribution in [2.24, 2.45) is 10.9 Å². The monoisotopic (exact) mass is 334 g/mol. The van der Waals surface area contributed by atoms with Gasteiger partial charge in [-0.25, -0.2) is 0 Å². The standard InChI is InChI=1S/C17H26N4O3/c1-11(2)9-20-16(18-3)17(23)19-7-6-12-4-5-13-14(8-12)24-10-15(22)21-13/h4-5,8,11,15,21-22H,6-7,9-10H2,1-3H3,(H,18,20)(H,19,23)/t15-/m1/s1. The largest absolute Gasteiger partial charge is 0.487 e. The summed E-state index contributed by atoms with van der Waals surface area (Å²) in [6, 6.07) is 5.75. The summed E-state index contributed by atoms with van der Waals surface area (Å²) in [5.41, 5.74) is 1.83. The van der Waals surface area contributed by atoms with Crippen LogP contribution in [0.25, 0.3) is 0 Å². The molecule has 2 rings (SSSR count). The molecule has 7 heteroatoms. The van der Waals surface area contributed by atoms with Crippen LogP contribution in [0, 0.1) is 5.92 Å². The highest BCUT2D eigenvalue weighted by Crippen LogP contribution is 2.29.